The minimum Gasteiger partial charge on any atom is -0.493 e. The average Bonchev–Trinajstić information content (AvgIpc) is 2.70. The topological polar surface area (TPSA) is 114 Å². The summed E-state index contributed by atoms with van der Waals surface area (Å²) in [7, 11) is 4.23. The summed E-state index contributed by atoms with van der Waals surface area (Å²) in [6.07, 6.45) is 0. The van der Waals surface area contributed by atoms with Crippen molar-refractivity contribution in [2.45, 2.75) is 0 Å². The number of hydrogen-bond acceptors (Lipinski definition) is 8. The first-order chi connectivity index (χ1) is 12.9. The Morgan fingerprint density at radius 1 is 0.963 bits per heavy atom. The maximum absolute atomic E-state index is 12.3. The van der Waals surface area contributed by atoms with Crippen LogP contribution in [-0.2, 0) is 4.74 Å². The summed E-state index contributed by atoms with van der Waals surface area (Å²) < 4.78 is 20.5. The molecule has 0 unspecified atom stereocenters. The standard InChI is InChI=1S/C18H17NO8/c1-24-15-8-12(9-16(25-2)17(15)26-3)18(21)27-10-14(20)11-5-4-6-13(7-11)19(22)23/h4-9H,10H2,1-3H3. The van der Waals surface area contributed by atoms with E-state index in [1.807, 2.05) is 0 Å². The number of Topliss-reactive ketones (excluding diaryl/α,β-unsaturated/α-hetero) is 1. The predicted molar refractivity (Wildman–Crippen MR) is 93.8 cm³/mol. The molecule has 0 aliphatic carbocycles. The van der Waals surface area contributed by atoms with Gasteiger partial charge in [-0.2, -0.15) is 0 Å². The van der Waals surface area contributed by atoms with Crippen LogP contribution in [0.2, 0.25) is 0 Å². The molecule has 0 aliphatic heterocycles. The first-order valence-electron chi connectivity index (χ1n) is 7.66. The molecule has 2 aromatic rings. The summed E-state index contributed by atoms with van der Waals surface area (Å²) >= 11 is 0. The summed E-state index contributed by atoms with van der Waals surface area (Å²) in [5, 5.41) is 10.8. The molecule has 2 aromatic carbocycles. The van der Waals surface area contributed by atoms with E-state index >= 15 is 0 Å². The Morgan fingerprint density at radius 2 is 1.59 bits per heavy atom. The number of ether oxygens (including phenoxy) is 4. The number of esters is 1. The van der Waals surface area contributed by atoms with E-state index < -0.39 is 23.3 Å². The van der Waals surface area contributed by atoms with E-state index in [4.69, 9.17) is 18.9 Å². The van der Waals surface area contributed by atoms with Gasteiger partial charge in [-0.25, -0.2) is 4.79 Å². The Balaban J connectivity index is 2.14. The lowest BCUT2D eigenvalue weighted by molar-refractivity contribution is -0.384. The van der Waals surface area contributed by atoms with Crippen LogP contribution in [0.25, 0.3) is 0 Å². The van der Waals surface area contributed by atoms with Gasteiger partial charge >= 0.3 is 5.97 Å². The fourth-order valence-electron chi connectivity index (χ4n) is 2.29. The van der Waals surface area contributed by atoms with Crippen LogP contribution < -0.4 is 14.2 Å². The molecule has 0 atom stereocenters. The number of non-ortho nitro benzene ring substituents is 1. The van der Waals surface area contributed by atoms with Gasteiger partial charge in [0.2, 0.25) is 11.5 Å². The third-order valence-electron chi connectivity index (χ3n) is 3.61. The zero-order valence-corrected chi connectivity index (χ0v) is 14.9. The van der Waals surface area contributed by atoms with Gasteiger partial charge < -0.3 is 18.9 Å². The molecule has 0 aliphatic rings. The second-order valence-corrected chi connectivity index (χ2v) is 5.22. The minimum atomic E-state index is -0.784. The smallest absolute Gasteiger partial charge is 0.338 e. The quantitative estimate of drug-likeness (QED) is 0.299. The van der Waals surface area contributed by atoms with Crippen LogP contribution in [0, 0.1) is 10.1 Å². The minimum absolute atomic E-state index is 0.0712. The van der Waals surface area contributed by atoms with Gasteiger partial charge in [-0.05, 0) is 12.1 Å². The molecular weight excluding hydrogens is 358 g/mol. The number of methoxy groups -OCH3 is 3. The van der Waals surface area contributed by atoms with Crippen LogP contribution in [0.4, 0.5) is 5.69 Å². The van der Waals surface area contributed by atoms with Gasteiger partial charge in [0.05, 0.1) is 31.8 Å². The first-order valence-corrected chi connectivity index (χ1v) is 7.66. The molecule has 9 heteroatoms. The lowest BCUT2D eigenvalue weighted by atomic mass is 10.1. The van der Waals surface area contributed by atoms with E-state index in [0.29, 0.717) is 5.75 Å². The number of benzene rings is 2. The second-order valence-electron chi connectivity index (χ2n) is 5.22. The second kappa shape index (κ2) is 8.65. The summed E-state index contributed by atoms with van der Waals surface area (Å²) in [5.41, 5.74) is -0.0602. The molecule has 0 amide bonds. The van der Waals surface area contributed by atoms with Crippen molar-refractivity contribution < 1.29 is 33.5 Å². The van der Waals surface area contributed by atoms with E-state index in [2.05, 4.69) is 0 Å². The Bertz CT molecular complexity index is 852. The van der Waals surface area contributed by atoms with Crippen molar-refractivity contribution in [3.05, 3.63) is 57.6 Å². The van der Waals surface area contributed by atoms with Crippen molar-refractivity contribution in [2.75, 3.05) is 27.9 Å². The van der Waals surface area contributed by atoms with Crippen LogP contribution >= 0.6 is 0 Å². The summed E-state index contributed by atoms with van der Waals surface area (Å²) in [4.78, 5) is 34.6. The molecule has 2 rings (SSSR count). The van der Waals surface area contributed by atoms with E-state index in [1.54, 1.807) is 0 Å². The zero-order valence-electron chi connectivity index (χ0n) is 14.9. The number of hydrogen-bond donors (Lipinski definition) is 0. The Morgan fingerprint density at radius 3 is 2.11 bits per heavy atom. The van der Waals surface area contributed by atoms with Crippen molar-refractivity contribution in [3.8, 4) is 17.2 Å². The van der Waals surface area contributed by atoms with Crippen LogP contribution in [-0.4, -0.2) is 44.6 Å². The fraction of sp³-hybridized carbons (Fsp3) is 0.222. The first kappa shape index (κ1) is 19.7. The average molecular weight is 375 g/mol. The molecular formula is C18H17NO8. The molecule has 0 fully saturated rings. The number of nitro benzene ring substituents is 1. The van der Waals surface area contributed by atoms with Gasteiger partial charge in [-0.1, -0.05) is 12.1 Å². The Kier molecular flexibility index (Phi) is 6.32. The van der Waals surface area contributed by atoms with E-state index in [9.17, 15) is 19.7 Å². The Labute approximate surface area is 154 Å². The maximum Gasteiger partial charge on any atom is 0.338 e. The highest BCUT2D eigenvalue weighted by Crippen LogP contribution is 2.38. The molecule has 0 spiro atoms. The zero-order chi connectivity index (χ0) is 20.0. The van der Waals surface area contributed by atoms with Gasteiger partial charge in [0.1, 0.15) is 0 Å². The number of carbonyl (C=O) groups excluding carboxylic acids is 2. The van der Waals surface area contributed by atoms with Gasteiger partial charge in [0, 0.05) is 17.7 Å². The Hall–Kier alpha value is -3.62. The number of carbonyl (C=O) groups is 2. The van der Waals surface area contributed by atoms with Crippen LogP contribution in [0.5, 0.6) is 17.2 Å². The van der Waals surface area contributed by atoms with Gasteiger partial charge in [-0.3, -0.25) is 14.9 Å². The third-order valence-corrected chi connectivity index (χ3v) is 3.61. The molecule has 0 radical (unpaired) electrons. The predicted octanol–water partition coefficient (Wildman–Crippen LogP) is 2.66. The van der Waals surface area contributed by atoms with Crippen molar-refractivity contribution in [1.29, 1.82) is 0 Å². The summed E-state index contributed by atoms with van der Waals surface area (Å²) in [6, 6.07) is 7.95. The van der Waals surface area contributed by atoms with Crippen molar-refractivity contribution in [3.63, 3.8) is 0 Å². The lowest BCUT2D eigenvalue weighted by Crippen LogP contribution is -2.14. The van der Waals surface area contributed by atoms with Crippen molar-refractivity contribution >= 4 is 17.4 Å². The lowest BCUT2D eigenvalue weighted by Gasteiger charge is -2.13. The van der Waals surface area contributed by atoms with Crippen LogP contribution in [0.15, 0.2) is 36.4 Å². The molecule has 142 valence electrons. The highest BCUT2D eigenvalue weighted by molar-refractivity contribution is 6.00. The SMILES string of the molecule is COc1cc(C(=O)OCC(=O)c2cccc([N+](=O)[O-])c2)cc(OC)c1OC. The molecule has 0 bridgehead atoms. The maximum atomic E-state index is 12.3. The van der Waals surface area contributed by atoms with E-state index in [0.717, 1.165) is 6.07 Å². The fourth-order valence-corrected chi connectivity index (χ4v) is 2.29. The summed E-state index contributed by atoms with van der Waals surface area (Å²) in [6.45, 7) is -0.573. The molecule has 0 heterocycles. The van der Waals surface area contributed by atoms with E-state index in [1.165, 1.54) is 51.7 Å². The van der Waals surface area contributed by atoms with Crippen molar-refractivity contribution in [2.24, 2.45) is 0 Å². The number of rotatable bonds is 8. The molecule has 0 saturated heterocycles. The van der Waals surface area contributed by atoms with Gasteiger partial charge in [0.25, 0.3) is 5.69 Å². The normalized spacial score (nSPS) is 10.0. The summed E-state index contributed by atoms with van der Waals surface area (Å²) in [5.74, 6) is -0.528. The molecule has 27 heavy (non-hydrogen) atoms. The molecule has 0 N–H and O–H groups in total. The molecule has 0 aromatic heterocycles. The number of nitrogens with zero attached hydrogens (tertiary/aromatic N) is 1. The van der Waals surface area contributed by atoms with Gasteiger partial charge in [0.15, 0.2) is 18.1 Å². The number of nitro groups is 1. The number of ketones is 1. The highest BCUT2D eigenvalue weighted by atomic mass is 16.6. The van der Waals surface area contributed by atoms with Crippen LogP contribution in [0.1, 0.15) is 20.7 Å². The van der Waals surface area contributed by atoms with Crippen LogP contribution in [0.3, 0.4) is 0 Å². The van der Waals surface area contributed by atoms with E-state index in [-0.39, 0.29) is 28.3 Å². The van der Waals surface area contributed by atoms with Crippen molar-refractivity contribution in [1.82, 2.24) is 0 Å². The third kappa shape index (κ3) is 4.51. The molecule has 9 nitrogen and oxygen atoms in total. The monoisotopic (exact) mass is 375 g/mol. The molecule has 0 saturated carbocycles. The largest absolute Gasteiger partial charge is 0.493 e. The van der Waals surface area contributed by atoms with Gasteiger partial charge in [-0.15, -0.1) is 0 Å². The highest BCUT2D eigenvalue weighted by Gasteiger charge is 2.19.